The van der Waals surface area contributed by atoms with E-state index in [1.165, 1.54) is 10.6 Å². The van der Waals surface area contributed by atoms with Crippen molar-refractivity contribution in [3.8, 4) is 0 Å². The Hall–Kier alpha value is -1.05. The van der Waals surface area contributed by atoms with Crippen LogP contribution in [0.5, 0.6) is 0 Å². The van der Waals surface area contributed by atoms with Gasteiger partial charge in [-0.1, -0.05) is 6.07 Å². The number of nitrogens with zero attached hydrogens (tertiary/aromatic N) is 1. The second kappa shape index (κ2) is 1.82. The van der Waals surface area contributed by atoms with Crippen LogP contribution in [0.3, 0.4) is 0 Å². The van der Waals surface area contributed by atoms with E-state index < -0.39 is 0 Å². The molecule has 0 saturated heterocycles. The Bertz CT molecular complexity index is 226. The molecule has 1 aromatic rings. The van der Waals surface area contributed by atoms with Crippen LogP contribution in [0, 0.1) is 7.05 Å². The average Bonchev–Trinajstić information content (AvgIpc) is 1.77. The van der Waals surface area contributed by atoms with Crippen molar-refractivity contribution in [2.75, 3.05) is 0 Å². The highest BCUT2D eigenvalue weighted by molar-refractivity contribution is 4.93. The largest absolute Gasteiger partial charge is 0.314 e. The fourth-order valence-corrected chi connectivity index (χ4v) is 0.461. The Morgan fingerprint density at radius 3 is 2.62 bits per heavy atom. The number of hydrogen-bond donors (Lipinski definition) is 0. The first-order valence-electron chi connectivity index (χ1n) is 2.29. The van der Waals surface area contributed by atoms with E-state index in [1.807, 2.05) is 0 Å². The summed E-state index contributed by atoms with van der Waals surface area (Å²) in [5.74, 6) is 0. The minimum Gasteiger partial charge on any atom is -0.314 e. The molecule has 41 valence electrons. The molecule has 2 nitrogen and oxygen atoms in total. The fourth-order valence-electron chi connectivity index (χ4n) is 0.461. The summed E-state index contributed by atoms with van der Waals surface area (Å²) in [4.78, 5) is 10.5. The van der Waals surface area contributed by atoms with E-state index in [4.69, 9.17) is 0 Å². The van der Waals surface area contributed by atoms with Gasteiger partial charge in [-0.05, 0) is 6.07 Å². The number of aromatic nitrogens is 1. The second-order valence-corrected chi connectivity index (χ2v) is 1.51. The average molecular weight is 108 g/mol. The maximum atomic E-state index is 10.5. The van der Waals surface area contributed by atoms with E-state index in [0.717, 1.165) is 0 Å². The molecule has 0 amide bonds. The molecule has 0 aliphatic rings. The molecule has 0 saturated carbocycles. The van der Waals surface area contributed by atoms with Crippen LogP contribution < -0.4 is 5.56 Å². The number of pyridine rings is 1. The van der Waals surface area contributed by atoms with Gasteiger partial charge in [-0.3, -0.25) is 4.79 Å². The molecule has 0 unspecified atom stereocenters. The Morgan fingerprint density at radius 1 is 1.50 bits per heavy atom. The van der Waals surface area contributed by atoms with Gasteiger partial charge in [0.05, 0.1) is 0 Å². The monoisotopic (exact) mass is 108 g/mol. The molecule has 1 radical (unpaired) electrons. The Kier molecular flexibility index (Phi) is 1.16. The lowest BCUT2D eigenvalue weighted by Gasteiger charge is -1.88. The lowest BCUT2D eigenvalue weighted by Crippen LogP contribution is -2.10. The lowest BCUT2D eigenvalue weighted by molar-refractivity contribution is 0.991. The zero-order chi connectivity index (χ0) is 5.98. The smallest absolute Gasteiger partial charge is 0.250 e. The van der Waals surface area contributed by atoms with Gasteiger partial charge in [0.1, 0.15) is 0 Å². The summed E-state index contributed by atoms with van der Waals surface area (Å²) in [6.45, 7) is 0. The third kappa shape index (κ3) is 0.780. The summed E-state index contributed by atoms with van der Waals surface area (Å²) in [7, 11) is 3.42. The third-order valence-corrected chi connectivity index (χ3v) is 0.899. The molecule has 0 N–H and O–H groups in total. The molecule has 0 aliphatic carbocycles. The first kappa shape index (κ1) is 5.09. The predicted octanol–water partition coefficient (Wildman–Crippen LogP) is 0.488. The van der Waals surface area contributed by atoms with Gasteiger partial charge in [-0.2, -0.15) is 0 Å². The maximum absolute atomic E-state index is 10.5. The summed E-state index contributed by atoms with van der Waals surface area (Å²) < 4.78 is 1.28. The Morgan fingerprint density at radius 2 is 2.25 bits per heavy atom. The predicted molar refractivity (Wildman–Crippen MR) is 31.5 cm³/mol. The zero-order valence-electron chi connectivity index (χ0n) is 4.37. The molecule has 0 bridgehead atoms. The highest BCUT2D eigenvalue weighted by Gasteiger charge is 1.79. The van der Waals surface area contributed by atoms with Crippen molar-refractivity contribution >= 4 is 0 Å². The van der Waals surface area contributed by atoms with E-state index in [2.05, 4.69) is 7.05 Å². The van der Waals surface area contributed by atoms with Crippen LogP contribution in [-0.2, 0) is 0 Å². The van der Waals surface area contributed by atoms with E-state index in [0.29, 0.717) is 0 Å². The van der Waals surface area contributed by atoms with Crippen LogP contribution in [0.1, 0.15) is 0 Å². The van der Waals surface area contributed by atoms with Crippen LogP contribution in [0.2, 0.25) is 0 Å². The van der Waals surface area contributed by atoms with Crippen molar-refractivity contribution in [3.63, 3.8) is 0 Å². The highest BCUT2D eigenvalue weighted by Crippen LogP contribution is 1.74. The van der Waals surface area contributed by atoms with Crippen LogP contribution in [-0.4, -0.2) is 4.57 Å². The third-order valence-electron chi connectivity index (χ3n) is 0.899. The van der Waals surface area contributed by atoms with Gasteiger partial charge >= 0.3 is 0 Å². The van der Waals surface area contributed by atoms with Crippen molar-refractivity contribution in [2.45, 2.75) is 0 Å². The van der Waals surface area contributed by atoms with Gasteiger partial charge in [0.15, 0.2) is 0 Å². The van der Waals surface area contributed by atoms with Gasteiger partial charge < -0.3 is 4.57 Å². The molecular formula is C6H6NO. The van der Waals surface area contributed by atoms with Crippen molar-refractivity contribution in [2.24, 2.45) is 0 Å². The summed E-state index contributed by atoms with van der Waals surface area (Å²) in [5, 5.41) is 0. The van der Waals surface area contributed by atoms with E-state index in [-0.39, 0.29) is 5.56 Å². The molecular weight excluding hydrogens is 102 g/mol. The van der Waals surface area contributed by atoms with Gasteiger partial charge in [0.2, 0.25) is 0 Å². The molecule has 2 heteroatoms. The lowest BCUT2D eigenvalue weighted by atomic mass is 10.5. The SMILES string of the molecule is [CH2]n1ccccc1=O. The molecule has 0 fully saturated rings. The van der Waals surface area contributed by atoms with Crippen LogP contribution in [0.4, 0.5) is 0 Å². The first-order chi connectivity index (χ1) is 3.80. The summed E-state index contributed by atoms with van der Waals surface area (Å²) in [6.07, 6.45) is 1.61. The number of hydrogen-bond acceptors (Lipinski definition) is 1. The topological polar surface area (TPSA) is 22.0 Å². The highest BCUT2D eigenvalue weighted by atomic mass is 16.1. The second-order valence-electron chi connectivity index (χ2n) is 1.51. The molecule has 1 heterocycles. The minimum absolute atomic E-state index is 0.0764. The minimum atomic E-state index is -0.0764. The summed E-state index contributed by atoms with van der Waals surface area (Å²) >= 11 is 0. The van der Waals surface area contributed by atoms with Crippen molar-refractivity contribution in [1.82, 2.24) is 4.57 Å². The zero-order valence-corrected chi connectivity index (χ0v) is 4.37. The van der Waals surface area contributed by atoms with E-state index in [1.54, 1.807) is 18.3 Å². The summed E-state index contributed by atoms with van der Waals surface area (Å²) in [5.41, 5.74) is -0.0764. The van der Waals surface area contributed by atoms with E-state index in [9.17, 15) is 4.79 Å². The quantitative estimate of drug-likeness (QED) is 0.474. The normalized spacial score (nSPS) is 9.12. The van der Waals surface area contributed by atoms with E-state index >= 15 is 0 Å². The fraction of sp³-hybridized carbons (Fsp3) is 0. The van der Waals surface area contributed by atoms with Gasteiger partial charge in [0.25, 0.3) is 5.56 Å². The number of rotatable bonds is 0. The molecule has 8 heavy (non-hydrogen) atoms. The van der Waals surface area contributed by atoms with Crippen LogP contribution in [0.25, 0.3) is 0 Å². The Balaban J connectivity index is 3.35. The molecule has 1 aromatic heterocycles. The molecule has 1 rings (SSSR count). The molecule has 0 spiro atoms. The van der Waals surface area contributed by atoms with Gasteiger partial charge in [0, 0.05) is 19.3 Å². The first-order valence-corrected chi connectivity index (χ1v) is 2.29. The standard InChI is InChI=1S/C6H6NO/c1-7-5-3-2-4-6(7)8/h2-5H,1H2. The van der Waals surface area contributed by atoms with Crippen molar-refractivity contribution < 1.29 is 0 Å². The van der Waals surface area contributed by atoms with Gasteiger partial charge in [-0.25, -0.2) is 0 Å². The van der Waals surface area contributed by atoms with Crippen LogP contribution in [0.15, 0.2) is 29.2 Å². The molecule has 0 atom stereocenters. The maximum Gasteiger partial charge on any atom is 0.250 e. The molecule has 0 aromatic carbocycles. The van der Waals surface area contributed by atoms with Crippen molar-refractivity contribution in [1.29, 1.82) is 0 Å². The van der Waals surface area contributed by atoms with Crippen LogP contribution >= 0.6 is 0 Å². The van der Waals surface area contributed by atoms with Gasteiger partial charge in [-0.15, -0.1) is 0 Å². The molecule has 0 aliphatic heterocycles. The summed E-state index contributed by atoms with van der Waals surface area (Å²) in [6, 6.07) is 4.91. The van der Waals surface area contributed by atoms with Crippen molar-refractivity contribution in [3.05, 3.63) is 41.8 Å². The Labute approximate surface area is 47.4 Å².